The van der Waals surface area contributed by atoms with E-state index in [4.69, 9.17) is 4.74 Å². The summed E-state index contributed by atoms with van der Waals surface area (Å²) >= 11 is 0. The van der Waals surface area contributed by atoms with E-state index in [1.165, 1.54) is 17.9 Å². The van der Waals surface area contributed by atoms with Gasteiger partial charge >= 0.3 is 5.97 Å². The maximum atomic E-state index is 11.9. The van der Waals surface area contributed by atoms with Crippen LogP contribution in [-0.4, -0.2) is 13.1 Å². The van der Waals surface area contributed by atoms with Crippen molar-refractivity contribution < 1.29 is 9.53 Å². The second kappa shape index (κ2) is 5.04. The summed E-state index contributed by atoms with van der Waals surface area (Å²) in [6.07, 6.45) is 0. The van der Waals surface area contributed by atoms with Crippen LogP contribution >= 0.6 is 0 Å². The van der Waals surface area contributed by atoms with Crippen LogP contribution in [-0.2, 0) is 9.53 Å². The first kappa shape index (κ1) is 13.6. The number of hydrogen-bond donors (Lipinski definition) is 0. The second-order valence-electron chi connectivity index (χ2n) is 5.54. The van der Waals surface area contributed by atoms with Crippen molar-refractivity contribution in [3.05, 3.63) is 48.0 Å². The van der Waals surface area contributed by atoms with Crippen LogP contribution < -0.4 is 0 Å². The van der Waals surface area contributed by atoms with E-state index in [2.05, 4.69) is 37.3 Å². The summed E-state index contributed by atoms with van der Waals surface area (Å²) in [4.78, 5) is 11.9. The number of esters is 1. The van der Waals surface area contributed by atoms with Gasteiger partial charge in [-0.1, -0.05) is 49.4 Å². The molecule has 100 valence electrons. The van der Waals surface area contributed by atoms with Gasteiger partial charge in [0.1, 0.15) is 0 Å². The quantitative estimate of drug-likeness (QED) is 0.771. The lowest BCUT2D eigenvalue weighted by Gasteiger charge is -2.29. The molecule has 0 aromatic heterocycles. The lowest BCUT2D eigenvalue weighted by molar-refractivity contribution is -0.151. The Hall–Kier alpha value is -1.83. The van der Waals surface area contributed by atoms with Crippen LogP contribution in [0, 0.1) is 5.41 Å². The van der Waals surface area contributed by atoms with Crippen LogP contribution in [0.4, 0.5) is 0 Å². The van der Waals surface area contributed by atoms with Gasteiger partial charge in [0.2, 0.25) is 0 Å². The molecule has 0 bridgehead atoms. The van der Waals surface area contributed by atoms with Gasteiger partial charge in [-0.2, -0.15) is 0 Å². The Kier molecular flexibility index (Phi) is 3.61. The maximum Gasteiger partial charge on any atom is 0.311 e. The number of ether oxygens (including phenoxy) is 1. The molecule has 0 N–H and O–H groups in total. The highest BCUT2D eigenvalue weighted by Gasteiger charge is 2.35. The monoisotopic (exact) mass is 256 g/mol. The van der Waals surface area contributed by atoms with Crippen LogP contribution in [0.5, 0.6) is 0 Å². The van der Waals surface area contributed by atoms with Crippen molar-refractivity contribution in [2.75, 3.05) is 7.11 Å². The average molecular weight is 256 g/mol. The minimum Gasteiger partial charge on any atom is -0.469 e. The summed E-state index contributed by atoms with van der Waals surface area (Å²) < 4.78 is 4.91. The van der Waals surface area contributed by atoms with Crippen LogP contribution in [0.1, 0.15) is 32.3 Å². The molecule has 2 aromatic carbocycles. The van der Waals surface area contributed by atoms with Gasteiger partial charge in [0, 0.05) is 0 Å². The molecule has 0 fully saturated rings. The molecule has 1 unspecified atom stereocenters. The predicted octanol–water partition coefficient (Wildman–Crippen LogP) is 4.14. The van der Waals surface area contributed by atoms with E-state index >= 15 is 0 Å². The molecule has 0 spiro atoms. The van der Waals surface area contributed by atoms with E-state index < -0.39 is 5.41 Å². The fourth-order valence-corrected chi connectivity index (χ4v) is 2.33. The molecular weight excluding hydrogens is 236 g/mol. The zero-order valence-corrected chi connectivity index (χ0v) is 11.9. The van der Waals surface area contributed by atoms with E-state index in [0.717, 1.165) is 5.56 Å². The van der Waals surface area contributed by atoms with Gasteiger partial charge in [-0.3, -0.25) is 4.79 Å². The average Bonchev–Trinajstić information content (AvgIpc) is 2.44. The van der Waals surface area contributed by atoms with E-state index in [0.29, 0.717) is 0 Å². The number of hydrogen-bond acceptors (Lipinski definition) is 2. The number of carbonyl (C=O) groups is 1. The molecule has 0 radical (unpaired) electrons. The lowest BCUT2D eigenvalue weighted by Crippen LogP contribution is -2.31. The molecule has 0 heterocycles. The number of methoxy groups -OCH3 is 1. The van der Waals surface area contributed by atoms with E-state index in [9.17, 15) is 4.79 Å². The Morgan fingerprint density at radius 2 is 1.74 bits per heavy atom. The SMILES string of the molecule is COC(=O)C(C)(C)C(C)c1ccc2ccccc2c1. The van der Waals surface area contributed by atoms with E-state index in [1.807, 2.05) is 26.0 Å². The normalized spacial score (nSPS) is 13.3. The number of benzene rings is 2. The molecule has 0 aliphatic carbocycles. The van der Waals surface area contributed by atoms with Crippen LogP contribution in [0.15, 0.2) is 42.5 Å². The molecule has 0 aliphatic heterocycles. The Balaban J connectivity index is 2.41. The van der Waals surface area contributed by atoms with E-state index in [1.54, 1.807) is 0 Å². The Bertz CT molecular complexity index is 599. The Morgan fingerprint density at radius 3 is 2.37 bits per heavy atom. The Labute approximate surface area is 114 Å². The maximum absolute atomic E-state index is 11.9. The first-order valence-electron chi connectivity index (χ1n) is 6.54. The smallest absolute Gasteiger partial charge is 0.311 e. The van der Waals surface area contributed by atoms with Crippen LogP contribution in [0.2, 0.25) is 0 Å². The molecule has 1 atom stereocenters. The lowest BCUT2D eigenvalue weighted by atomic mass is 9.76. The van der Waals surface area contributed by atoms with Gasteiger partial charge in [0.05, 0.1) is 12.5 Å². The molecule has 2 heteroatoms. The fraction of sp³-hybridized carbons (Fsp3) is 0.353. The third kappa shape index (κ3) is 2.48. The molecule has 2 aromatic rings. The summed E-state index contributed by atoms with van der Waals surface area (Å²) in [6.45, 7) is 5.93. The topological polar surface area (TPSA) is 26.3 Å². The summed E-state index contributed by atoms with van der Waals surface area (Å²) in [5, 5.41) is 2.42. The Morgan fingerprint density at radius 1 is 1.11 bits per heavy atom. The number of carbonyl (C=O) groups excluding carboxylic acids is 1. The van der Waals surface area contributed by atoms with Crippen molar-refractivity contribution in [3.63, 3.8) is 0 Å². The summed E-state index contributed by atoms with van der Waals surface area (Å²) in [5.74, 6) is -0.0716. The predicted molar refractivity (Wildman–Crippen MR) is 78.2 cm³/mol. The van der Waals surface area contributed by atoms with Crippen molar-refractivity contribution in [2.24, 2.45) is 5.41 Å². The van der Waals surface area contributed by atoms with Gasteiger partial charge in [0.25, 0.3) is 0 Å². The first-order chi connectivity index (χ1) is 8.96. The molecule has 19 heavy (non-hydrogen) atoms. The molecule has 2 rings (SSSR count). The van der Waals surface area contributed by atoms with Crippen molar-refractivity contribution in [1.29, 1.82) is 0 Å². The number of fused-ring (bicyclic) bond motifs is 1. The van der Waals surface area contributed by atoms with Gasteiger partial charge in [-0.25, -0.2) is 0 Å². The second-order valence-corrected chi connectivity index (χ2v) is 5.54. The highest BCUT2D eigenvalue weighted by Crippen LogP contribution is 2.37. The van der Waals surface area contributed by atoms with E-state index in [-0.39, 0.29) is 11.9 Å². The van der Waals surface area contributed by atoms with Gasteiger partial charge < -0.3 is 4.74 Å². The largest absolute Gasteiger partial charge is 0.469 e. The summed E-state index contributed by atoms with van der Waals surface area (Å²) in [5.41, 5.74) is 0.631. The fourth-order valence-electron chi connectivity index (χ4n) is 2.33. The third-order valence-corrected chi connectivity index (χ3v) is 4.07. The molecule has 0 aliphatic rings. The summed E-state index contributed by atoms with van der Waals surface area (Å²) in [6, 6.07) is 14.6. The van der Waals surface area contributed by atoms with Crippen molar-refractivity contribution in [1.82, 2.24) is 0 Å². The van der Waals surface area contributed by atoms with Crippen molar-refractivity contribution in [2.45, 2.75) is 26.7 Å². The van der Waals surface area contributed by atoms with Crippen LogP contribution in [0.25, 0.3) is 10.8 Å². The minimum absolute atomic E-state index is 0.101. The first-order valence-corrected chi connectivity index (χ1v) is 6.54. The standard InChI is InChI=1S/C17H20O2/c1-12(17(2,3)16(18)19-4)14-10-9-13-7-5-6-8-15(13)11-14/h5-12H,1-4H3. The van der Waals surface area contributed by atoms with Gasteiger partial charge in [-0.05, 0) is 36.1 Å². The van der Waals surface area contributed by atoms with Gasteiger partial charge in [0.15, 0.2) is 0 Å². The van der Waals surface area contributed by atoms with Crippen molar-refractivity contribution >= 4 is 16.7 Å². The van der Waals surface area contributed by atoms with Crippen molar-refractivity contribution in [3.8, 4) is 0 Å². The molecule has 0 saturated carbocycles. The highest BCUT2D eigenvalue weighted by molar-refractivity contribution is 5.83. The molecule has 2 nitrogen and oxygen atoms in total. The van der Waals surface area contributed by atoms with Gasteiger partial charge in [-0.15, -0.1) is 0 Å². The van der Waals surface area contributed by atoms with Crippen LogP contribution in [0.3, 0.4) is 0 Å². The summed E-state index contributed by atoms with van der Waals surface area (Å²) in [7, 11) is 1.44. The molecular formula is C17H20O2. The number of rotatable bonds is 3. The molecule has 0 amide bonds. The highest BCUT2D eigenvalue weighted by atomic mass is 16.5. The third-order valence-electron chi connectivity index (χ3n) is 4.07. The zero-order valence-electron chi connectivity index (χ0n) is 11.9. The molecule has 0 saturated heterocycles. The minimum atomic E-state index is -0.531. The zero-order chi connectivity index (χ0) is 14.0.